The lowest BCUT2D eigenvalue weighted by molar-refractivity contribution is -0.136. The van der Waals surface area contributed by atoms with Crippen molar-refractivity contribution in [2.75, 3.05) is 26.2 Å². The monoisotopic (exact) mass is 468 g/mol. The number of nitrogens with two attached hydrogens (primary N) is 2. The van der Waals surface area contributed by atoms with Crippen LogP contribution in [0.25, 0.3) is 0 Å². The molecule has 0 aromatic carbocycles. The molecule has 1 fully saturated rings. The summed E-state index contributed by atoms with van der Waals surface area (Å²) >= 11 is 0. The molecule has 6 N–H and O–H groups in total. The van der Waals surface area contributed by atoms with Crippen molar-refractivity contribution in [3.8, 4) is 0 Å². The summed E-state index contributed by atoms with van der Waals surface area (Å²) < 4.78 is 5.86. The molecule has 0 aromatic heterocycles. The predicted molar refractivity (Wildman–Crippen MR) is 132 cm³/mol. The van der Waals surface area contributed by atoms with E-state index in [0.29, 0.717) is 25.5 Å². The largest absolute Gasteiger partial charge is 0.368 e. The van der Waals surface area contributed by atoms with E-state index >= 15 is 0 Å². The molecule has 1 aliphatic rings. The number of carbonyl (C=O) groups is 3. The van der Waals surface area contributed by atoms with Gasteiger partial charge in [0.2, 0.25) is 11.8 Å². The summed E-state index contributed by atoms with van der Waals surface area (Å²) in [5.41, 5.74) is 11.5. The molecule has 1 unspecified atom stereocenters. The van der Waals surface area contributed by atoms with E-state index < -0.39 is 18.1 Å². The summed E-state index contributed by atoms with van der Waals surface area (Å²) in [6, 6.07) is -0.727. The van der Waals surface area contributed by atoms with Crippen LogP contribution in [0.3, 0.4) is 0 Å². The van der Waals surface area contributed by atoms with Crippen LogP contribution in [-0.4, -0.2) is 56.0 Å². The van der Waals surface area contributed by atoms with Crippen molar-refractivity contribution in [3.05, 3.63) is 0 Å². The van der Waals surface area contributed by atoms with E-state index in [2.05, 4.69) is 24.5 Å². The van der Waals surface area contributed by atoms with Crippen molar-refractivity contribution in [2.45, 2.75) is 103 Å². The van der Waals surface area contributed by atoms with Crippen molar-refractivity contribution in [1.29, 1.82) is 0 Å². The summed E-state index contributed by atoms with van der Waals surface area (Å²) in [7, 11) is 0. The second kappa shape index (κ2) is 17.9. The maximum absolute atomic E-state index is 12.9. The molecule has 8 heteroatoms. The molecule has 0 spiro atoms. The number of unbranched alkanes of at least 4 members (excludes halogenated alkanes) is 2. The highest BCUT2D eigenvalue weighted by atomic mass is 16.5. The van der Waals surface area contributed by atoms with E-state index in [1.54, 1.807) is 0 Å². The van der Waals surface area contributed by atoms with Gasteiger partial charge in [0, 0.05) is 12.5 Å². The van der Waals surface area contributed by atoms with Gasteiger partial charge < -0.3 is 26.8 Å². The Morgan fingerprint density at radius 2 is 1.70 bits per heavy atom. The normalized spacial score (nSPS) is 17.2. The van der Waals surface area contributed by atoms with Gasteiger partial charge in [-0.25, -0.2) is 0 Å². The van der Waals surface area contributed by atoms with Crippen LogP contribution in [-0.2, 0) is 19.1 Å². The Hall–Kier alpha value is -1.51. The van der Waals surface area contributed by atoms with Gasteiger partial charge >= 0.3 is 0 Å². The van der Waals surface area contributed by atoms with Crippen LogP contribution < -0.4 is 22.1 Å². The van der Waals surface area contributed by atoms with Gasteiger partial charge in [0.25, 0.3) is 0 Å². The molecule has 2 amide bonds. The van der Waals surface area contributed by atoms with Gasteiger partial charge in [-0.2, -0.15) is 0 Å². The topological polar surface area (TPSA) is 137 Å². The highest BCUT2D eigenvalue weighted by Gasteiger charge is 2.27. The molecule has 0 radical (unpaired) electrons. The zero-order chi connectivity index (χ0) is 24.5. The Kier molecular flexibility index (Phi) is 16.0. The summed E-state index contributed by atoms with van der Waals surface area (Å²) in [4.78, 5) is 38.0. The molecule has 1 rings (SSSR count). The minimum absolute atomic E-state index is 0.00745. The number of amides is 2. The van der Waals surface area contributed by atoms with E-state index in [-0.39, 0.29) is 30.7 Å². The molecule has 0 heterocycles. The number of nitrogens with one attached hydrogen (secondary N) is 2. The summed E-state index contributed by atoms with van der Waals surface area (Å²) in [6.45, 7) is 4.89. The summed E-state index contributed by atoms with van der Waals surface area (Å²) in [6.07, 6.45) is 11.4. The maximum atomic E-state index is 12.9. The third-order valence-corrected chi connectivity index (χ3v) is 6.51. The Morgan fingerprint density at radius 3 is 2.30 bits per heavy atom. The molecule has 0 bridgehead atoms. The van der Waals surface area contributed by atoms with Crippen molar-refractivity contribution in [3.63, 3.8) is 0 Å². The second-order valence-electron chi connectivity index (χ2n) is 9.36. The lowest BCUT2D eigenvalue weighted by Gasteiger charge is -2.25. The molecule has 8 nitrogen and oxygen atoms in total. The quantitative estimate of drug-likeness (QED) is 0.228. The van der Waals surface area contributed by atoms with Gasteiger partial charge in [-0.3, -0.25) is 14.4 Å². The van der Waals surface area contributed by atoms with E-state index in [1.807, 2.05) is 0 Å². The lowest BCUT2D eigenvalue weighted by atomic mass is 9.88. The molecule has 33 heavy (non-hydrogen) atoms. The van der Waals surface area contributed by atoms with Crippen LogP contribution in [0.4, 0.5) is 0 Å². The van der Waals surface area contributed by atoms with E-state index in [1.165, 1.54) is 19.3 Å². The van der Waals surface area contributed by atoms with Gasteiger partial charge in [0.05, 0.1) is 13.2 Å². The van der Waals surface area contributed by atoms with Gasteiger partial charge in [0.15, 0.2) is 5.78 Å². The first kappa shape index (κ1) is 29.5. The van der Waals surface area contributed by atoms with Gasteiger partial charge in [-0.15, -0.1) is 0 Å². The molecule has 192 valence electrons. The number of Topliss-reactive ketones (excluding diaryl/α,β-unsaturated/α-hetero) is 1. The van der Waals surface area contributed by atoms with Gasteiger partial charge in [0.1, 0.15) is 12.1 Å². The Balaban J connectivity index is 2.51. The Labute approximate surface area is 200 Å². The molecule has 1 aliphatic carbocycles. The predicted octanol–water partition coefficient (Wildman–Crippen LogP) is 2.43. The minimum atomic E-state index is -0.727. The van der Waals surface area contributed by atoms with Crippen LogP contribution in [0.2, 0.25) is 0 Å². The van der Waals surface area contributed by atoms with Gasteiger partial charge in [-0.1, -0.05) is 58.8 Å². The standard InChI is InChI=1S/C25H48N4O4/c1-3-5-7-13-20(10-4-2)24(31)21(16-27)29-23(30)17-28-25(32)22(14-15-26)33-18-19-11-8-6-9-12-19/h19-22H,3-18,26-27H2,1-2H3,(H,28,32)(H,29,30)/t20?,21-,22-/m0/s1. The van der Waals surface area contributed by atoms with Crippen LogP contribution in [0.1, 0.15) is 90.9 Å². The SMILES string of the molecule is CCCCCC(CCC)C(=O)[C@H](CN)NC(=O)CNC(=O)[C@H](CCN)OCC1CCCCC1. The molecule has 0 aromatic rings. The fourth-order valence-corrected chi connectivity index (χ4v) is 4.52. The fraction of sp³-hybridized carbons (Fsp3) is 0.880. The third-order valence-electron chi connectivity index (χ3n) is 6.51. The fourth-order valence-electron chi connectivity index (χ4n) is 4.52. The first-order valence-electron chi connectivity index (χ1n) is 13.1. The van der Waals surface area contributed by atoms with Crippen LogP contribution in [0.5, 0.6) is 0 Å². The Bertz CT molecular complexity index is 567. The van der Waals surface area contributed by atoms with E-state index in [9.17, 15) is 14.4 Å². The number of ketones is 1. The number of hydrogen-bond donors (Lipinski definition) is 4. The summed E-state index contributed by atoms with van der Waals surface area (Å²) in [5, 5.41) is 5.35. The number of carbonyl (C=O) groups excluding carboxylic acids is 3. The zero-order valence-corrected chi connectivity index (χ0v) is 20.9. The third kappa shape index (κ3) is 12.0. The average molecular weight is 469 g/mol. The first-order valence-corrected chi connectivity index (χ1v) is 13.1. The van der Waals surface area contributed by atoms with Crippen molar-refractivity contribution >= 4 is 17.6 Å². The van der Waals surface area contributed by atoms with E-state index in [4.69, 9.17) is 16.2 Å². The lowest BCUT2D eigenvalue weighted by Crippen LogP contribution is -2.51. The molecular formula is C25H48N4O4. The number of ether oxygens (including phenoxy) is 1. The van der Waals surface area contributed by atoms with E-state index in [0.717, 1.165) is 51.4 Å². The second-order valence-corrected chi connectivity index (χ2v) is 9.36. The number of rotatable bonds is 18. The average Bonchev–Trinajstić information content (AvgIpc) is 2.83. The maximum Gasteiger partial charge on any atom is 0.249 e. The van der Waals surface area contributed by atoms with Gasteiger partial charge in [-0.05, 0) is 44.6 Å². The summed E-state index contributed by atoms with van der Waals surface area (Å²) in [5.74, 6) is -0.376. The van der Waals surface area contributed by atoms with Crippen molar-refractivity contribution in [1.82, 2.24) is 10.6 Å². The molecular weight excluding hydrogens is 420 g/mol. The van der Waals surface area contributed by atoms with Crippen LogP contribution in [0.15, 0.2) is 0 Å². The number of hydrogen-bond acceptors (Lipinski definition) is 6. The molecule has 3 atom stereocenters. The molecule has 0 aliphatic heterocycles. The first-order chi connectivity index (χ1) is 16.0. The Morgan fingerprint density at radius 1 is 0.970 bits per heavy atom. The van der Waals surface area contributed by atoms with Crippen LogP contribution in [0, 0.1) is 11.8 Å². The molecule has 0 saturated heterocycles. The smallest absolute Gasteiger partial charge is 0.249 e. The van der Waals surface area contributed by atoms with Crippen LogP contribution >= 0.6 is 0 Å². The van der Waals surface area contributed by atoms with Crippen molar-refractivity contribution in [2.24, 2.45) is 23.3 Å². The van der Waals surface area contributed by atoms with Crippen molar-refractivity contribution < 1.29 is 19.1 Å². The highest BCUT2D eigenvalue weighted by molar-refractivity contribution is 5.92. The zero-order valence-electron chi connectivity index (χ0n) is 20.9. The minimum Gasteiger partial charge on any atom is -0.368 e. The molecule has 1 saturated carbocycles. The highest BCUT2D eigenvalue weighted by Crippen LogP contribution is 2.24.